The highest BCUT2D eigenvalue weighted by Gasteiger charge is 2.06. The van der Waals surface area contributed by atoms with E-state index >= 15 is 0 Å². The number of aryl methyl sites for hydroxylation is 1. The van der Waals surface area contributed by atoms with Crippen molar-refractivity contribution in [3.05, 3.63) is 59.2 Å². The smallest absolute Gasteiger partial charge is 0.191 e. The maximum Gasteiger partial charge on any atom is 0.191 e. The average molecular weight is 363 g/mol. The van der Waals surface area contributed by atoms with Gasteiger partial charge in [-0.25, -0.2) is 8.78 Å². The number of hydrogen-bond acceptors (Lipinski definition) is 3. The molecular formula is C19H23F2N3O2. The highest BCUT2D eigenvalue weighted by Crippen LogP contribution is 2.19. The van der Waals surface area contributed by atoms with Crippen molar-refractivity contribution in [3.63, 3.8) is 0 Å². The van der Waals surface area contributed by atoms with Crippen molar-refractivity contribution in [2.75, 3.05) is 27.3 Å². The maximum absolute atomic E-state index is 13.5. The number of ether oxygens (including phenoxy) is 2. The molecule has 0 bridgehead atoms. The molecule has 2 aromatic rings. The van der Waals surface area contributed by atoms with E-state index < -0.39 is 11.6 Å². The molecule has 0 fully saturated rings. The first-order valence-electron chi connectivity index (χ1n) is 8.19. The Morgan fingerprint density at radius 1 is 1.08 bits per heavy atom. The molecule has 0 saturated heterocycles. The lowest BCUT2D eigenvalue weighted by Crippen LogP contribution is -2.39. The molecule has 0 atom stereocenters. The fraction of sp³-hybridized carbons (Fsp3) is 0.316. The molecule has 0 amide bonds. The number of halogens is 2. The molecule has 0 spiro atoms. The van der Waals surface area contributed by atoms with Gasteiger partial charge in [-0.05, 0) is 30.7 Å². The molecule has 140 valence electrons. The van der Waals surface area contributed by atoms with Crippen molar-refractivity contribution >= 4 is 5.96 Å². The number of hydrogen-bond donors (Lipinski definition) is 2. The van der Waals surface area contributed by atoms with E-state index in [9.17, 15) is 8.78 Å². The topological polar surface area (TPSA) is 54.9 Å². The summed E-state index contributed by atoms with van der Waals surface area (Å²) in [5, 5.41) is 6.24. The molecule has 0 unspecified atom stereocenters. The van der Waals surface area contributed by atoms with Crippen LogP contribution < -0.4 is 20.1 Å². The molecule has 26 heavy (non-hydrogen) atoms. The lowest BCUT2D eigenvalue weighted by Gasteiger charge is -2.14. The zero-order chi connectivity index (χ0) is 18.9. The Bertz CT molecular complexity index is 766. The van der Waals surface area contributed by atoms with E-state index in [1.54, 1.807) is 14.2 Å². The van der Waals surface area contributed by atoms with Gasteiger partial charge in [0.2, 0.25) is 0 Å². The Morgan fingerprint density at radius 2 is 1.88 bits per heavy atom. The van der Waals surface area contributed by atoms with Gasteiger partial charge in [0.05, 0.1) is 13.7 Å². The maximum atomic E-state index is 13.5. The van der Waals surface area contributed by atoms with Gasteiger partial charge < -0.3 is 20.1 Å². The van der Waals surface area contributed by atoms with Crippen LogP contribution in [0.1, 0.15) is 11.1 Å². The van der Waals surface area contributed by atoms with E-state index in [-0.39, 0.29) is 12.4 Å². The second kappa shape index (κ2) is 9.60. The van der Waals surface area contributed by atoms with Crippen LogP contribution in [0.3, 0.4) is 0 Å². The number of methoxy groups -OCH3 is 1. The highest BCUT2D eigenvalue weighted by atomic mass is 19.1. The molecule has 0 aromatic heterocycles. The summed E-state index contributed by atoms with van der Waals surface area (Å²) >= 11 is 0. The van der Waals surface area contributed by atoms with E-state index in [4.69, 9.17) is 9.47 Å². The van der Waals surface area contributed by atoms with E-state index in [2.05, 4.69) is 15.6 Å². The molecule has 0 heterocycles. The summed E-state index contributed by atoms with van der Waals surface area (Å²) in [5.41, 5.74) is 2.13. The van der Waals surface area contributed by atoms with Crippen molar-refractivity contribution in [2.45, 2.75) is 13.5 Å². The third-order valence-electron chi connectivity index (χ3n) is 3.66. The first-order valence-corrected chi connectivity index (χ1v) is 8.19. The normalized spacial score (nSPS) is 11.2. The van der Waals surface area contributed by atoms with Gasteiger partial charge in [0.25, 0.3) is 0 Å². The Balaban J connectivity index is 1.79. The standard InChI is InChI=1S/C19H23F2N3O2/c1-13-4-5-14(18(10-13)25-3)12-24-19(22-2)23-8-9-26-17-7-6-15(20)11-16(17)21/h4-7,10-11H,8-9,12H2,1-3H3,(H2,22,23,24). The molecule has 0 aliphatic carbocycles. The largest absolute Gasteiger partial charge is 0.496 e. The van der Waals surface area contributed by atoms with Crippen LogP contribution >= 0.6 is 0 Å². The number of aliphatic imine (C=N–C) groups is 1. The Morgan fingerprint density at radius 3 is 2.58 bits per heavy atom. The van der Waals surface area contributed by atoms with Crippen molar-refractivity contribution in [1.29, 1.82) is 0 Å². The van der Waals surface area contributed by atoms with Crippen LogP contribution in [0.4, 0.5) is 8.78 Å². The molecule has 5 nitrogen and oxygen atoms in total. The zero-order valence-electron chi connectivity index (χ0n) is 15.1. The van der Waals surface area contributed by atoms with Gasteiger partial charge >= 0.3 is 0 Å². The summed E-state index contributed by atoms with van der Waals surface area (Å²) in [5.74, 6) is 0.0440. The minimum atomic E-state index is -0.723. The van der Waals surface area contributed by atoms with Gasteiger partial charge in [0.1, 0.15) is 18.2 Å². The second-order valence-corrected chi connectivity index (χ2v) is 5.59. The summed E-state index contributed by atoms with van der Waals surface area (Å²) in [6.45, 7) is 3.15. The summed E-state index contributed by atoms with van der Waals surface area (Å²) in [4.78, 5) is 4.12. The van der Waals surface area contributed by atoms with Crippen LogP contribution in [0.5, 0.6) is 11.5 Å². The SMILES string of the molecule is CN=C(NCCOc1ccc(F)cc1F)NCc1ccc(C)cc1OC. The zero-order valence-corrected chi connectivity index (χ0v) is 15.1. The third kappa shape index (κ3) is 5.61. The molecule has 0 aliphatic rings. The summed E-state index contributed by atoms with van der Waals surface area (Å²) in [7, 11) is 3.29. The van der Waals surface area contributed by atoms with Crippen LogP contribution in [0.15, 0.2) is 41.4 Å². The number of nitrogens with zero attached hydrogens (tertiary/aromatic N) is 1. The number of guanidine groups is 1. The van der Waals surface area contributed by atoms with E-state index in [0.717, 1.165) is 29.0 Å². The molecular weight excluding hydrogens is 340 g/mol. The van der Waals surface area contributed by atoms with Crippen LogP contribution in [0, 0.1) is 18.6 Å². The molecule has 2 rings (SSSR count). The Kier molecular flexibility index (Phi) is 7.20. The lowest BCUT2D eigenvalue weighted by atomic mass is 10.1. The first kappa shape index (κ1) is 19.5. The van der Waals surface area contributed by atoms with Gasteiger partial charge in [-0.3, -0.25) is 4.99 Å². The predicted octanol–water partition coefficient (Wildman–Crippen LogP) is 3.03. The number of nitrogens with one attached hydrogen (secondary N) is 2. The lowest BCUT2D eigenvalue weighted by molar-refractivity contribution is 0.304. The third-order valence-corrected chi connectivity index (χ3v) is 3.66. The Hall–Kier alpha value is -2.83. The van der Waals surface area contributed by atoms with Gasteiger partial charge in [-0.15, -0.1) is 0 Å². The summed E-state index contributed by atoms with van der Waals surface area (Å²) < 4.78 is 37.0. The van der Waals surface area contributed by atoms with Gasteiger partial charge in [0, 0.05) is 25.2 Å². The number of rotatable bonds is 7. The van der Waals surface area contributed by atoms with Gasteiger partial charge in [-0.1, -0.05) is 12.1 Å². The van der Waals surface area contributed by atoms with Crippen LogP contribution in [-0.4, -0.2) is 33.3 Å². The van der Waals surface area contributed by atoms with Crippen LogP contribution in [-0.2, 0) is 6.54 Å². The summed E-state index contributed by atoms with van der Waals surface area (Å²) in [6.07, 6.45) is 0. The molecule has 7 heteroatoms. The predicted molar refractivity (Wildman–Crippen MR) is 97.8 cm³/mol. The van der Waals surface area contributed by atoms with Crippen molar-refractivity contribution in [2.24, 2.45) is 4.99 Å². The number of benzene rings is 2. The molecule has 2 aromatic carbocycles. The van der Waals surface area contributed by atoms with E-state index in [1.807, 2.05) is 25.1 Å². The highest BCUT2D eigenvalue weighted by molar-refractivity contribution is 5.79. The van der Waals surface area contributed by atoms with Gasteiger partial charge in [-0.2, -0.15) is 0 Å². The quantitative estimate of drug-likeness (QED) is 0.451. The van der Waals surface area contributed by atoms with E-state index in [1.165, 1.54) is 6.07 Å². The average Bonchev–Trinajstić information content (AvgIpc) is 2.63. The van der Waals surface area contributed by atoms with Crippen molar-refractivity contribution < 1.29 is 18.3 Å². The summed E-state index contributed by atoms with van der Waals surface area (Å²) in [6, 6.07) is 9.19. The monoisotopic (exact) mass is 363 g/mol. The minimum absolute atomic E-state index is 0.0144. The second-order valence-electron chi connectivity index (χ2n) is 5.59. The van der Waals surface area contributed by atoms with E-state index in [0.29, 0.717) is 19.0 Å². The van der Waals surface area contributed by atoms with Gasteiger partial charge in [0.15, 0.2) is 17.5 Å². The molecule has 0 aliphatic heterocycles. The van der Waals surface area contributed by atoms with Crippen LogP contribution in [0.25, 0.3) is 0 Å². The van der Waals surface area contributed by atoms with Crippen molar-refractivity contribution in [3.8, 4) is 11.5 Å². The fourth-order valence-electron chi connectivity index (χ4n) is 2.32. The molecule has 2 N–H and O–H groups in total. The fourth-order valence-corrected chi connectivity index (χ4v) is 2.32. The molecule has 0 radical (unpaired) electrons. The molecule has 0 saturated carbocycles. The van der Waals surface area contributed by atoms with Crippen LogP contribution in [0.2, 0.25) is 0 Å². The first-order chi connectivity index (χ1) is 12.5. The Labute approximate surface area is 152 Å². The van der Waals surface area contributed by atoms with Crippen molar-refractivity contribution in [1.82, 2.24) is 10.6 Å². The minimum Gasteiger partial charge on any atom is -0.496 e.